The number of unbranched alkanes of at least 4 members (excludes halogenated alkanes) is 5. The molecule has 0 fully saturated rings. The Kier molecular flexibility index (Phi) is 10.1. The Morgan fingerprint density at radius 3 is 2.43 bits per heavy atom. The summed E-state index contributed by atoms with van der Waals surface area (Å²) in [5.74, 6) is -0.406. The Balaban J connectivity index is 2.95. The van der Waals surface area contributed by atoms with E-state index in [0.29, 0.717) is 6.61 Å². The third-order valence-electron chi connectivity index (χ3n) is 1.94. The van der Waals surface area contributed by atoms with Crippen molar-refractivity contribution in [3.63, 3.8) is 0 Å². The van der Waals surface area contributed by atoms with Crippen LogP contribution in [0.1, 0.15) is 51.9 Å². The smallest absolute Gasteiger partial charge is 0.298 e. The minimum atomic E-state index is -0.406. The van der Waals surface area contributed by atoms with Crippen molar-refractivity contribution in [3.05, 3.63) is 6.92 Å². The molecule has 0 aromatic rings. The molecule has 14 heavy (non-hydrogen) atoms. The highest BCUT2D eigenvalue weighted by atomic mass is 17.2. The van der Waals surface area contributed by atoms with E-state index < -0.39 is 5.97 Å². The molecule has 83 valence electrons. The molecule has 0 aromatic heterocycles. The van der Waals surface area contributed by atoms with Gasteiger partial charge in [-0.25, -0.2) is 4.79 Å². The van der Waals surface area contributed by atoms with Gasteiger partial charge in [-0.1, -0.05) is 39.0 Å². The van der Waals surface area contributed by atoms with Crippen molar-refractivity contribution in [2.75, 3.05) is 6.61 Å². The van der Waals surface area contributed by atoms with Crippen molar-refractivity contribution in [2.24, 2.45) is 0 Å². The van der Waals surface area contributed by atoms with Crippen LogP contribution >= 0.6 is 0 Å². The molecule has 3 nitrogen and oxygen atoms in total. The van der Waals surface area contributed by atoms with Crippen LogP contribution in [0.5, 0.6) is 0 Å². The molecular formula is C11H21O3. The number of carbonyl (C=O) groups excluding carboxylic acids is 1. The summed E-state index contributed by atoms with van der Waals surface area (Å²) in [6.45, 7) is 6.07. The maximum Gasteiger partial charge on any atom is 0.342 e. The Hall–Kier alpha value is -0.570. The van der Waals surface area contributed by atoms with Gasteiger partial charge in [-0.15, -0.1) is 0 Å². The molecular weight excluding hydrogens is 180 g/mol. The van der Waals surface area contributed by atoms with E-state index in [-0.39, 0.29) is 6.42 Å². The van der Waals surface area contributed by atoms with Crippen molar-refractivity contribution in [3.8, 4) is 0 Å². The van der Waals surface area contributed by atoms with Gasteiger partial charge in [-0.2, -0.15) is 4.89 Å². The summed E-state index contributed by atoms with van der Waals surface area (Å²) in [5.41, 5.74) is 0. The molecule has 0 aromatic carbocycles. The van der Waals surface area contributed by atoms with Crippen LogP contribution in [-0.2, 0) is 14.6 Å². The molecule has 0 aliphatic heterocycles. The molecule has 0 amide bonds. The van der Waals surface area contributed by atoms with Gasteiger partial charge >= 0.3 is 5.97 Å². The summed E-state index contributed by atoms with van der Waals surface area (Å²) in [6.07, 6.45) is 7.30. The quantitative estimate of drug-likeness (QED) is 0.327. The molecule has 0 N–H and O–H groups in total. The first kappa shape index (κ1) is 13.4. The van der Waals surface area contributed by atoms with E-state index in [0.717, 1.165) is 12.8 Å². The lowest BCUT2D eigenvalue weighted by molar-refractivity contribution is -0.272. The first-order valence-corrected chi connectivity index (χ1v) is 5.42. The average Bonchev–Trinajstić information content (AvgIpc) is 2.21. The van der Waals surface area contributed by atoms with Crippen LogP contribution in [0.4, 0.5) is 0 Å². The topological polar surface area (TPSA) is 35.5 Å². The molecule has 0 spiro atoms. The fraction of sp³-hybridized carbons (Fsp3) is 0.818. The second-order valence-corrected chi connectivity index (χ2v) is 3.30. The number of hydrogen-bond acceptors (Lipinski definition) is 3. The van der Waals surface area contributed by atoms with Gasteiger partial charge in [0.25, 0.3) is 0 Å². The van der Waals surface area contributed by atoms with E-state index in [9.17, 15) is 4.79 Å². The molecule has 0 unspecified atom stereocenters. The third kappa shape index (κ3) is 9.52. The summed E-state index contributed by atoms with van der Waals surface area (Å²) in [4.78, 5) is 19.7. The van der Waals surface area contributed by atoms with Crippen molar-refractivity contribution >= 4 is 5.97 Å². The van der Waals surface area contributed by atoms with Gasteiger partial charge < -0.3 is 0 Å². The molecule has 0 rings (SSSR count). The first-order valence-electron chi connectivity index (χ1n) is 5.42. The fourth-order valence-electron chi connectivity index (χ4n) is 1.09. The predicted molar refractivity (Wildman–Crippen MR) is 55.4 cm³/mol. The largest absolute Gasteiger partial charge is 0.342 e. The molecule has 0 bridgehead atoms. The van der Waals surface area contributed by atoms with Gasteiger partial charge in [0, 0.05) is 6.42 Å². The highest BCUT2D eigenvalue weighted by molar-refractivity contribution is 5.69. The van der Waals surface area contributed by atoms with E-state index in [1.165, 1.54) is 25.7 Å². The van der Waals surface area contributed by atoms with Crippen LogP contribution in [-0.4, -0.2) is 12.6 Å². The summed E-state index contributed by atoms with van der Waals surface area (Å²) in [7, 11) is 0. The molecule has 0 aliphatic carbocycles. The van der Waals surface area contributed by atoms with E-state index in [4.69, 9.17) is 4.89 Å². The molecule has 0 saturated heterocycles. The van der Waals surface area contributed by atoms with E-state index in [1.54, 1.807) is 0 Å². The Labute approximate surface area is 86.7 Å². The zero-order valence-electron chi connectivity index (χ0n) is 9.09. The van der Waals surface area contributed by atoms with Crippen LogP contribution < -0.4 is 0 Å². The molecule has 0 heterocycles. The number of rotatable bonds is 9. The lowest BCUT2D eigenvalue weighted by Crippen LogP contribution is -2.04. The van der Waals surface area contributed by atoms with Crippen molar-refractivity contribution in [1.82, 2.24) is 0 Å². The normalized spacial score (nSPS) is 10.1. The van der Waals surface area contributed by atoms with Gasteiger partial charge in [-0.3, -0.25) is 4.89 Å². The van der Waals surface area contributed by atoms with E-state index in [2.05, 4.69) is 18.7 Å². The van der Waals surface area contributed by atoms with Crippen molar-refractivity contribution in [1.29, 1.82) is 0 Å². The first-order chi connectivity index (χ1) is 6.81. The van der Waals surface area contributed by atoms with Crippen molar-refractivity contribution < 1.29 is 14.6 Å². The zero-order chi connectivity index (χ0) is 10.6. The molecule has 0 saturated carbocycles. The zero-order valence-corrected chi connectivity index (χ0v) is 9.09. The van der Waals surface area contributed by atoms with Gasteiger partial charge in [0.2, 0.25) is 0 Å². The number of hydrogen-bond donors (Lipinski definition) is 0. The molecule has 0 atom stereocenters. The highest BCUT2D eigenvalue weighted by Gasteiger charge is 1.98. The Morgan fingerprint density at radius 2 is 1.79 bits per heavy atom. The fourth-order valence-corrected chi connectivity index (χ4v) is 1.09. The summed E-state index contributed by atoms with van der Waals surface area (Å²) in [5, 5.41) is 0. The van der Waals surface area contributed by atoms with Crippen LogP contribution in [0, 0.1) is 6.92 Å². The lowest BCUT2D eigenvalue weighted by atomic mass is 10.1. The predicted octanol–water partition coefficient (Wildman–Crippen LogP) is 3.05. The van der Waals surface area contributed by atoms with Crippen LogP contribution in [0.25, 0.3) is 0 Å². The monoisotopic (exact) mass is 201 g/mol. The number of carbonyl (C=O) groups is 1. The third-order valence-corrected chi connectivity index (χ3v) is 1.94. The summed E-state index contributed by atoms with van der Waals surface area (Å²) in [6, 6.07) is 0. The van der Waals surface area contributed by atoms with Gasteiger partial charge in [-0.05, 0) is 13.3 Å². The van der Waals surface area contributed by atoms with Gasteiger partial charge in [0.1, 0.15) is 0 Å². The minimum Gasteiger partial charge on any atom is -0.298 e. The second kappa shape index (κ2) is 10.5. The minimum absolute atomic E-state index is 0.122. The van der Waals surface area contributed by atoms with Crippen molar-refractivity contribution in [2.45, 2.75) is 51.9 Å². The summed E-state index contributed by atoms with van der Waals surface area (Å²) < 4.78 is 0. The van der Waals surface area contributed by atoms with Crippen LogP contribution in [0.3, 0.4) is 0 Å². The lowest BCUT2D eigenvalue weighted by Gasteiger charge is -2.02. The standard InChI is InChI=1S/C11H21O3/c1-3-5-6-7-8-9-10-13-14-11(12)4-2/h2-10H2,1H3. The maximum absolute atomic E-state index is 10.6. The van der Waals surface area contributed by atoms with E-state index in [1.807, 2.05) is 0 Å². The highest BCUT2D eigenvalue weighted by Crippen LogP contribution is 2.04. The van der Waals surface area contributed by atoms with Gasteiger partial charge in [0.05, 0.1) is 6.61 Å². The maximum atomic E-state index is 10.6. The summed E-state index contributed by atoms with van der Waals surface area (Å²) >= 11 is 0. The van der Waals surface area contributed by atoms with Gasteiger partial charge in [0.15, 0.2) is 0 Å². The SMILES string of the molecule is [CH2]CC(=O)OOCCCCCCCC. The van der Waals surface area contributed by atoms with Crippen LogP contribution in [0.15, 0.2) is 0 Å². The second-order valence-electron chi connectivity index (χ2n) is 3.30. The molecule has 3 heteroatoms. The Bertz CT molecular complexity index is 134. The average molecular weight is 201 g/mol. The van der Waals surface area contributed by atoms with Crippen LogP contribution in [0.2, 0.25) is 0 Å². The van der Waals surface area contributed by atoms with E-state index >= 15 is 0 Å². The molecule has 0 aliphatic rings. The Morgan fingerprint density at radius 1 is 1.14 bits per heavy atom. The molecule has 1 radical (unpaired) electrons.